The molecular weight excluding hydrogens is 540 g/mol. The summed E-state index contributed by atoms with van der Waals surface area (Å²) in [6.07, 6.45) is -2.97. The average Bonchev–Trinajstić information content (AvgIpc) is 3.73. The van der Waals surface area contributed by atoms with Crippen molar-refractivity contribution in [3.8, 4) is 5.75 Å². The number of hydrogen-bond donors (Lipinski definition) is 4. The molecule has 0 radical (unpaired) electrons. The zero-order valence-corrected chi connectivity index (χ0v) is 21.9. The Morgan fingerprint density at radius 1 is 1.07 bits per heavy atom. The number of amides is 4. The van der Waals surface area contributed by atoms with E-state index in [1.54, 1.807) is 9.80 Å². The minimum absolute atomic E-state index is 0.0235. The van der Waals surface area contributed by atoms with E-state index in [9.17, 15) is 36.7 Å². The Bertz CT molecular complexity index is 1320. The molecule has 0 aromatic heterocycles. The van der Waals surface area contributed by atoms with Crippen LogP contribution in [0.4, 0.5) is 38.5 Å². The first-order valence-electron chi connectivity index (χ1n) is 12.7. The number of alkyl halides is 3. The van der Waals surface area contributed by atoms with Crippen molar-refractivity contribution in [2.24, 2.45) is 5.92 Å². The summed E-state index contributed by atoms with van der Waals surface area (Å²) in [4.78, 5) is 52.7. The van der Waals surface area contributed by atoms with Crippen LogP contribution in [0.5, 0.6) is 5.75 Å². The molecule has 2 aromatic carbocycles. The normalized spacial score (nSPS) is 19.2. The van der Waals surface area contributed by atoms with E-state index in [-0.39, 0.29) is 54.6 Å². The van der Waals surface area contributed by atoms with E-state index in [1.807, 2.05) is 0 Å². The topological polar surface area (TPSA) is 132 Å². The summed E-state index contributed by atoms with van der Waals surface area (Å²) in [6.45, 7) is 0.611. The first-order valence-corrected chi connectivity index (χ1v) is 12.7. The molecule has 2 aliphatic rings. The summed E-state index contributed by atoms with van der Waals surface area (Å²) in [5.41, 5.74) is -0.862. The molecule has 0 bridgehead atoms. The number of piperidine rings is 1. The summed E-state index contributed by atoms with van der Waals surface area (Å²) in [7, 11) is 3.03. The lowest BCUT2D eigenvalue weighted by molar-refractivity contribution is -0.274. The highest BCUT2D eigenvalue weighted by atomic mass is 19.4. The molecule has 1 unspecified atom stereocenters. The molecule has 2 fully saturated rings. The van der Waals surface area contributed by atoms with E-state index in [1.165, 1.54) is 14.1 Å². The number of urea groups is 2. The van der Waals surface area contributed by atoms with Crippen LogP contribution in [0.15, 0.2) is 27.8 Å². The summed E-state index contributed by atoms with van der Waals surface area (Å²) < 4.78 is 55.3. The third-order valence-corrected chi connectivity index (χ3v) is 7.00. The second-order valence-electron chi connectivity index (χ2n) is 9.85. The Morgan fingerprint density at radius 2 is 1.77 bits per heavy atom. The maximum Gasteiger partial charge on any atom is 0.573 e. The van der Waals surface area contributed by atoms with Gasteiger partial charge in [-0.05, 0) is 31.2 Å². The number of carbonyl (C=O) groups excluding carboxylic acids is 2. The Kier molecular flexibility index (Phi) is 8.40. The van der Waals surface area contributed by atoms with Crippen LogP contribution in [0, 0.1) is 11.7 Å². The third kappa shape index (κ3) is 6.57. The van der Waals surface area contributed by atoms with Gasteiger partial charge in [0.15, 0.2) is 0 Å². The molecule has 15 heteroatoms. The molecule has 4 rings (SSSR count). The molecule has 4 N–H and O–H groups in total. The minimum atomic E-state index is -4.96. The molecule has 11 nitrogen and oxygen atoms in total. The van der Waals surface area contributed by atoms with Gasteiger partial charge in [-0.2, -0.15) is 0 Å². The average molecular weight is 571 g/mol. The van der Waals surface area contributed by atoms with Crippen molar-refractivity contribution in [3.63, 3.8) is 0 Å². The van der Waals surface area contributed by atoms with E-state index < -0.39 is 40.9 Å². The predicted molar refractivity (Wildman–Crippen MR) is 137 cm³/mol. The Morgan fingerprint density at radius 3 is 2.38 bits per heavy atom. The molecule has 1 saturated carbocycles. The highest BCUT2D eigenvalue weighted by Gasteiger charge is 2.42. The summed E-state index contributed by atoms with van der Waals surface area (Å²) >= 11 is 0. The van der Waals surface area contributed by atoms with Gasteiger partial charge >= 0.3 is 18.4 Å². The number of anilines is 2. The second-order valence-corrected chi connectivity index (χ2v) is 9.85. The molecule has 218 valence electrons. The van der Waals surface area contributed by atoms with Gasteiger partial charge in [-0.25, -0.2) is 14.0 Å². The van der Waals surface area contributed by atoms with Crippen molar-refractivity contribution in [3.05, 3.63) is 50.0 Å². The smallest absolute Gasteiger partial charge is 0.406 e. The van der Waals surface area contributed by atoms with E-state index in [4.69, 9.17) is 0 Å². The van der Waals surface area contributed by atoms with Crippen molar-refractivity contribution >= 4 is 23.4 Å². The summed E-state index contributed by atoms with van der Waals surface area (Å²) in [5, 5.41) is 10.9. The fraction of sp³-hybridized carbons (Fsp3) is 0.520. The van der Waals surface area contributed by atoms with Crippen molar-refractivity contribution < 1.29 is 31.9 Å². The second kappa shape index (κ2) is 11.6. The van der Waals surface area contributed by atoms with Gasteiger partial charge in [-0.3, -0.25) is 9.59 Å². The molecule has 1 aliphatic heterocycles. The first kappa shape index (κ1) is 29.0. The number of halogens is 4. The SMILES string of the molecule is CNC(=O)N1CC(CNc2c(NC)c(=O)c2=O)C[C@@H](N(C(=O)NCc2ccc(OC(F)(F)F)cc2F)C2CC2)C1. The Balaban J connectivity index is 1.44. The number of likely N-dealkylation sites (tertiary alicyclic amines) is 1. The molecule has 2 aromatic rings. The van der Waals surface area contributed by atoms with Crippen molar-refractivity contribution in [2.45, 2.75) is 44.3 Å². The molecule has 40 heavy (non-hydrogen) atoms. The minimum Gasteiger partial charge on any atom is -0.406 e. The fourth-order valence-electron chi connectivity index (χ4n) is 5.01. The number of benzene rings is 1. The van der Waals surface area contributed by atoms with Crippen LogP contribution in [-0.4, -0.2) is 74.0 Å². The van der Waals surface area contributed by atoms with Gasteiger partial charge < -0.3 is 35.8 Å². The van der Waals surface area contributed by atoms with Crippen LogP contribution in [0.2, 0.25) is 0 Å². The molecule has 2 atom stereocenters. The van der Waals surface area contributed by atoms with Gasteiger partial charge in [-0.15, -0.1) is 13.2 Å². The van der Waals surface area contributed by atoms with Crippen LogP contribution in [0.1, 0.15) is 24.8 Å². The number of hydrogen-bond acceptors (Lipinski definition) is 7. The number of ether oxygens (including phenoxy) is 1. The predicted octanol–water partition coefficient (Wildman–Crippen LogP) is 2.18. The number of carbonyl (C=O) groups is 2. The van der Waals surface area contributed by atoms with Gasteiger partial charge in [0.2, 0.25) is 0 Å². The lowest BCUT2D eigenvalue weighted by Gasteiger charge is -2.43. The molecular formula is C25H30F4N6O5. The molecule has 1 aliphatic carbocycles. The van der Waals surface area contributed by atoms with Crippen molar-refractivity contribution in [2.75, 3.05) is 44.4 Å². The molecule has 4 amide bonds. The van der Waals surface area contributed by atoms with Gasteiger partial charge in [0.05, 0.1) is 6.04 Å². The highest BCUT2D eigenvalue weighted by Crippen LogP contribution is 2.33. The van der Waals surface area contributed by atoms with E-state index >= 15 is 0 Å². The first-order chi connectivity index (χ1) is 18.9. The largest absolute Gasteiger partial charge is 0.573 e. The van der Waals surface area contributed by atoms with Gasteiger partial charge in [0.1, 0.15) is 22.9 Å². The van der Waals surface area contributed by atoms with Gasteiger partial charge in [0.25, 0.3) is 10.9 Å². The number of rotatable bonds is 9. The van der Waals surface area contributed by atoms with Gasteiger partial charge in [0, 0.05) is 57.9 Å². The monoisotopic (exact) mass is 570 g/mol. The number of nitrogens with zero attached hydrogens (tertiary/aromatic N) is 2. The van der Waals surface area contributed by atoms with E-state index in [0.29, 0.717) is 19.0 Å². The fourth-order valence-corrected chi connectivity index (χ4v) is 5.01. The van der Waals surface area contributed by atoms with Crippen LogP contribution in [0.3, 0.4) is 0 Å². The van der Waals surface area contributed by atoms with Crippen molar-refractivity contribution in [1.29, 1.82) is 0 Å². The van der Waals surface area contributed by atoms with Crippen LogP contribution in [0.25, 0.3) is 0 Å². The molecule has 1 heterocycles. The van der Waals surface area contributed by atoms with E-state index in [0.717, 1.165) is 25.0 Å². The van der Waals surface area contributed by atoms with Gasteiger partial charge in [-0.1, -0.05) is 6.07 Å². The van der Waals surface area contributed by atoms with Crippen LogP contribution in [-0.2, 0) is 6.54 Å². The van der Waals surface area contributed by atoms with E-state index in [2.05, 4.69) is 26.0 Å². The lowest BCUT2D eigenvalue weighted by atomic mass is 9.92. The van der Waals surface area contributed by atoms with Crippen molar-refractivity contribution in [1.82, 2.24) is 20.4 Å². The lowest BCUT2D eigenvalue weighted by Crippen LogP contribution is -2.58. The van der Waals surface area contributed by atoms with Crippen LogP contribution < -0.4 is 36.9 Å². The quantitative estimate of drug-likeness (QED) is 0.269. The molecule has 0 spiro atoms. The maximum atomic E-state index is 14.4. The standard InChI is InChI=1S/C25H30F4N6O5/c1-30-19-20(22(37)21(19)36)32-9-13-7-16(12-34(11-13)23(38)31-2)35(15-4-5-15)24(39)33-10-14-3-6-17(8-18(14)26)40-25(27,28)29/h3,6,8,13,15-16,30,32H,4-5,7,9-12H2,1-2H3,(H,31,38)(H,33,39)/t13?,16-/m1/s1. The van der Waals surface area contributed by atoms with Crippen LogP contribution >= 0.6 is 0 Å². The zero-order valence-electron chi connectivity index (χ0n) is 21.9. The Hall–Kier alpha value is -4.04. The summed E-state index contributed by atoms with van der Waals surface area (Å²) in [6, 6.07) is 1.37. The Labute approximate surface area is 226 Å². The summed E-state index contributed by atoms with van der Waals surface area (Å²) in [5.74, 6) is -1.84. The zero-order chi connectivity index (χ0) is 29.2. The molecule has 1 saturated heterocycles. The maximum absolute atomic E-state index is 14.4. The highest BCUT2D eigenvalue weighted by molar-refractivity contribution is 5.77. The third-order valence-electron chi connectivity index (χ3n) is 7.00. The number of nitrogens with one attached hydrogen (secondary N) is 4.